The lowest BCUT2D eigenvalue weighted by molar-refractivity contribution is 0.0737. The number of rotatable bonds is 18. The fourth-order valence-electron chi connectivity index (χ4n) is 1.97. The standard InChI is InChI=1S/C20H38O5/c1-5-9-11-19(24-15-13-21-7-3)17-23-18-20(12-10-6-2)25-16-14-22-8-4/h17-18H,5-16H2,1-4H3. The molecule has 0 spiro atoms. The minimum atomic E-state index is 0.546. The van der Waals surface area contributed by atoms with Crippen molar-refractivity contribution in [2.75, 3.05) is 39.6 Å². The monoisotopic (exact) mass is 358 g/mol. The van der Waals surface area contributed by atoms with Crippen LogP contribution in [0.1, 0.15) is 66.2 Å². The highest BCUT2D eigenvalue weighted by atomic mass is 16.5. The summed E-state index contributed by atoms with van der Waals surface area (Å²) in [5.74, 6) is 1.70. The van der Waals surface area contributed by atoms with Crippen LogP contribution in [-0.2, 0) is 23.7 Å². The first-order valence-electron chi connectivity index (χ1n) is 9.72. The second-order valence-corrected chi connectivity index (χ2v) is 5.60. The molecule has 5 heteroatoms. The molecule has 0 aliphatic rings. The second-order valence-electron chi connectivity index (χ2n) is 5.60. The van der Waals surface area contributed by atoms with E-state index in [1.807, 2.05) is 13.8 Å². The van der Waals surface area contributed by atoms with E-state index in [1.54, 1.807) is 12.5 Å². The molecule has 0 saturated heterocycles. The molecular weight excluding hydrogens is 320 g/mol. The SMILES string of the molecule is CCCCC(=COC=C(CCCC)OCCOCC)OCCOCC. The summed E-state index contributed by atoms with van der Waals surface area (Å²) < 4.78 is 27.7. The van der Waals surface area contributed by atoms with E-state index in [2.05, 4.69) is 13.8 Å². The molecule has 0 aromatic rings. The molecule has 0 N–H and O–H groups in total. The molecule has 0 heterocycles. The molecule has 0 unspecified atom stereocenters. The Bertz CT molecular complexity index is 307. The van der Waals surface area contributed by atoms with Gasteiger partial charge < -0.3 is 23.7 Å². The molecule has 5 nitrogen and oxygen atoms in total. The molecular formula is C20H38O5. The summed E-state index contributed by atoms with van der Waals surface area (Å²) in [5, 5.41) is 0. The Hall–Kier alpha value is -1.20. The van der Waals surface area contributed by atoms with Crippen LogP contribution in [0.15, 0.2) is 24.0 Å². The molecule has 0 aromatic carbocycles. The van der Waals surface area contributed by atoms with E-state index < -0.39 is 0 Å². The quantitative estimate of drug-likeness (QED) is 0.250. The Morgan fingerprint density at radius 1 is 0.640 bits per heavy atom. The van der Waals surface area contributed by atoms with Gasteiger partial charge in [0.1, 0.15) is 37.3 Å². The van der Waals surface area contributed by atoms with E-state index in [1.165, 1.54) is 0 Å². The van der Waals surface area contributed by atoms with Crippen molar-refractivity contribution < 1.29 is 23.7 Å². The Morgan fingerprint density at radius 3 is 1.44 bits per heavy atom. The van der Waals surface area contributed by atoms with Gasteiger partial charge in [-0.1, -0.05) is 26.7 Å². The molecule has 25 heavy (non-hydrogen) atoms. The predicted molar refractivity (Wildman–Crippen MR) is 101 cm³/mol. The van der Waals surface area contributed by atoms with Crippen molar-refractivity contribution in [3.05, 3.63) is 24.0 Å². The third kappa shape index (κ3) is 16.0. The van der Waals surface area contributed by atoms with Crippen LogP contribution in [0.3, 0.4) is 0 Å². The Balaban J connectivity index is 4.46. The molecule has 0 aliphatic carbocycles. The van der Waals surface area contributed by atoms with Crippen LogP contribution in [0.4, 0.5) is 0 Å². The highest BCUT2D eigenvalue weighted by Gasteiger charge is 2.02. The molecule has 0 radical (unpaired) electrons. The molecule has 148 valence electrons. The topological polar surface area (TPSA) is 46.2 Å². The first-order chi connectivity index (χ1) is 12.3. The van der Waals surface area contributed by atoms with Crippen molar-refractivity contribution in [3.8, 4) is 0 Å². The van der Waals surface area contributed by atoms with Crippen LogP contribution in [-0.4, -0.2) is 39.6 Å². The lowest BCUT2D eigenvalue weighted by Gasteiger charge is -2.11. The van der Waals surface area contributed by atoms with Crippen molar-refractivity contribution >= 4 is 0 Å². The fraction of sp³-hybridized carbons (Fsp3) is 0.800. The van der Waals surface area contributed by atoms with Crippen molar-refractivity contribution in [2.45, 2.75) is 66.2 Å². The third-order valence-electron chi connectivity index (χ3n) is 3.39. The fourth-order valence-corrected chi connectivity index (χ4v) is 1.97. The van der Waals surface area contributed by atoms with Gasteiger partial charge >= 0.3 is 0 Å². The van der Waals surface area contributed by atoms with Gasteiger partial charge in [0.25, 0.3) is 0 Å². The summed E-state index contributed by atoms with van der Waals surface area (Å²) in [6.45, 7) is 12.0. The second kappa shape index (κ2) is 19.1. The van der Waals surface area contributed by atoms with Gasteiger partial charge in [-0.25, -0.2) is 0 Å². The number of ether oxygens (including phenoxy) is 5. The summed E-state index contributed by atoms with van der Waals surface area (Å²) in [7, 11) is 0. The molecule has 0 fully saturated rings. The summed E-state index contributed by atoms with van der Waals surface area (Å²) in [6, 6.07) is 0. The maximum absolute atomic E-state index is 5.74. The van der Waals surface area contributed by atoms with Gasteiger partial charge in [0, 0.05) is 26.1 Å². The zero-order chi connectivity index (χ0) is 18.6. The Morgan fingerprint density at radius 2 is 1.08 bits per heavy atom. The van der Waals surface area contributed by atoms with Crippen LogP contribution >= 0.6 is 0 Å². The average molecular weight is 359 g/mol. The highest BCUT2D eigenvalue weighted by Crippen LogP contribution is 2.12. The van der Waals surface area contributed by atoms with E-state index in [0.29, 0.717) is 39.6 Å². The van der Waals surface area contributed by atoms with Gasteiger partial charge in [0.2, 0.25) is 0 Å². The maximum atomic E-state index is 5.74. The van der Waals surface area contributed by atoms with E-state index in [9.17, 15) is 0 Å². The van der Waals surface area contributed by atoms with Crippen LogP contribution in [0, 0.1) is 0 Å². The van der Waals surface area contributed by atoms with Crippen molar-refractivity contribution in [1.29, 1.82) is 0 Å². The van der Waals surface area contributed by atoms with Gasteiger partial charge in [-0.2, -0.15) is 0 Å². The lowest BCUT2D eigenvalue weighted by Crippen LogP contribution is -2.05. The van der Waals surface area contributed by atoms with Crippen molar-refractivity contribution in [1.82, 2.24) is 0 Å². The van der Waals surface area contributed by atoms with Gasteiger partial charge in [-0.15, -0.1) is 0 Å². The van der Waals surface area contributed by atoms with E-state index in [-0.39, 0.29) is 0 Å². The highest BCUT2D eigenvalue weighted by molar-refractivity contribution is 4.93. The van der Waals surface area contributed by atoms with Gasteiger partial charge in [0.05, 0.1) is 13.2 Å². The number of hydrogen-bond donors (Lipinski definition) is 0. The van der Waals surface area contributed by atoms with E-state index >= 15 is 0 Å². The van der Waals surface area contributed by atoms with Crippen molar-refractivity contribution in [2.24, 2.45) is 0 Å². The number of hydrogen-bond acceptors (Lipinski definition) is 5. The lowest BCUT2D eigenvalue weighted by atomic mass is 10.2. The molecule has 0 rings (SSSR count). The molecule has 0 atom stereocenters. The number of allylic oxidation sites excluding steroid dienone is 2. The van der Waals surface area contributed by atoms with Crippen molar-refractivity contribution in [3.63, 3.8) is 0 Å². The van der Waals surface area contributed by atoms with Gasteiger partial charge in [-0.05, 0) is 26.7 Å². The van der Waals surface area contributed by atoms with Gasteiger partial charge in [-0.3, -0.25) is 0 Å². The molecule has 0 aromatic heterocycles. The predicted octanol–water partition coefficient (Wildman–Crippen LogP) is 5.17. The minimum Gasteiger partial charge on any atom is -0.492 e. The molecule has 0 aliphatic heterocycles. The smallest absolute Gasteiger partial charge is 0.131 e. The molecule has 0 saturated carbocycles. The van der Waals surface area contributed by atoms with Crippen LogP contribution in [0.25, 0.3) is 0 Å². The Labute approximate surface area is 154 Å². The third-order valence-corrected chi connectivity index (χ3v) is 3.39. The number of unbranched alkanes of at least 4 members (excludes halogenated alkanes) is 2. The first kappa shape index (κ1) is 23.8. The maximum Gasteiger partial charge on any atom is 0.131 e. The minimum absolute atomic E-state index is 0.546. The van der Waals surface area contributed by atoms with E-state index in [0.717, 1.165) is 50.0 Å². The largest absolute Gasteiger partial charge is 0.492 e. The average Bonchev–Trinajstić information content (AvgIpc) is 2.63. The summed E-state index contributed by atoms with van der Waals surface area (Å²) in [4.78, 5) is 0. The Kier molecular flexibility index (Phi) is 18.2. The zero-order valence-corrected chi connectivity index (χ0v) is 16.7. The van der Waals surface area contributed by atoms with Crippen LogP contribution in [0.5, 0.6) is 0 Å². The first-order valence-corrected chi connectivity index (χ1v) is 9.72. The summed E-state index contributed by atoms with van der Waals surface area (Å²) in [6.07, 6.45) is 9.47. The normalized spacial score (nSPS) is 12.3. The van der Waals surface area contributed by atoms with E-state index in [4.69, 9.17) is 23.7 Å². The summed E-state index contributed by atoms with van der Waals surface area (Å²) >= 11 is 0. The zero-order valence-electron chi connectivity index (χ0n) is 16.7. The molecule has 0 amide bonds. The molecule has 0 bridgehead atoms. The van der Waals surface area contributed by atoms with Crippen LogP contribution < -0.4 is 0 Å². The van der Waals surface area contributed by atoms with Gasteiger partial charge in [0.15, 0.2) is 0 Å². The van der Waals surface area contributed by atoms with Crippen LogP contribution in [0.2, 0.25) is 0 Å². The summed E-state index contributed by atoms with van der Waals surface area (Å²) in [5.41, 5.74) is 0.